The third kappa shape index (κ3) is 1.87. The van der Waals surface area contributed by atoms with E-state index in [2.05, 4.69) is 4.98 Å². The third-order valence-corrected chi connectivity index (χ3v) is 4.27. The number of rotatable bonds is 3. The number of aromatic nitrogens is 2. The summed E-state index contributed by atoms with van der Waals surface area (Å²) in [7, 11) is 0. The topological polar surface area (TPSA) is 78.0 Å². The van der Waals surface area contributed by atoms with Gasteiger partial charge in [-0.1, -0.05) is 30.3 Å². The van der Waals surface area contributed by atoms with Gasteiger partial charge in [-0.25, -0.2) is 0 Å². The SMILES string of the molecule is NCCCn1c2c(c3cccnc3c1=O)C(=O)c1ccccc1-2. The van der Waals surface area contributed by atoms with E-state index >= 15 is 0 Å². The lowest BCUT2D eigenvalue weighted by Gasteiger charge is -2.14. The van der Waals surface area contributed by atoms with Gasteiger partial charge in [0.1, 0.15) is 5.52 Å². The maximum atomic E-state index is 12.9. The molecule has 1 aliphatic carbocycles. The van der Waals surface area contributed by atoms with Crippen molar-refractivity contribution in [2.75, 3.05) is 6.54 Å². The van der Waals surface area contributed by atoms with Crippen LogP contribution in [0, 0.1) is 0 Å². The number of hydrogen-bond acceptors (Lipinski definition) is 4. The van der Waals surface area contributed by atoms with Crippen molar-refractivity contribution in [3.8, 4) is 11.3 Å². The molecule has 0 aliphatic heterocycles. The molecule has 0 spiro atoms. The third-order valence-electron chi connectivity index (χ3n) is 4.27. The fourth-order valence-corrected chi connectivity index (χ4v) is 3.26. The molecule has 0 amide bonds. The van der Waals surface area contributed by atoms with Crippen LogP contribution >= 0.6 is 0 Å². The number of hydrogen-bond donors (Lipinski definition) is 1. The predicted molar refractivity (Wildman–Crippen MR) is 88.5 cm³/mol. The van der Waals surface area contributed by atoms with Crippen LogP contribution in [0.4, 0.5) is 0 Å². The van der Waals surface area contributed by atoms with Crippen molar-refractivity contribution in [3.05, 3.63) is 64.1 Å². The Morgan fingerprint density at radius 2 is 1.83 bits per heavy atom. The maximum Gasteiger partial charge on any atom is 0.277 e. The van der Waals surface area contributed by atoms with E-state index in [1.165, 1.54) is 0 Å². The normalized spacial score (nSPS) is 12.5. The summed E-state index contributed by atoms with van der Waals surface area (Å²) in [5, 5.41) is 0.623. The van der Waals surface area contributed by atoms with Crippen LogP contribution in [0.1, 0.15) is 22.3 Å². The van der Waals surface area contributed by atoms with Crippen molar-refractivity contribution in [2.45, 2.75) is 13.0 Å². The van der Waals surface area contributed by atoms with E-state index in [0.29, 0.717) is 47.2 Å². The Kier molecular flexibility index (Phi) is 3.09. The van der Waals surface area contributed by atoms with Gasteiger partial charge in [-0.2, -0.15) is 0 Å². The molecule has 0 atom stereocenters. The second kappa shape index (κ2) is 5.14. The standard InChI is InChI=1S/C18H15N3O2/c19-8-4-10-21-16-11-5-1-2-6-12(11)17(22)14(16)13-7-3-9-20-15(13)18(21)23/h1-3,5-7,9H,4,8,10,19H2. The fourth-order valence-electron chi connectivity index (χ4n) is 3.26. The van der Waals surface area contributed by atoms with Crippen LogP contribution in [-0.4, -0.2) is 21.9 Å². The van der Waals surface area contributed by atoms with E-state index < -0.39 is 0 Å². The van der Waals surface area contributed by atoms with Gasteiger partial charge in [0, 0.05) is 29.3 Å². The first-order valence-electron chi connectivity index (χ1n) is 7.59. The van der Waals surface area contributed by atoms with Crippen LogP contribution in [-0.2, 0) is 6.54 Å². The second-order valence-electron chi connectivity index (χ2n) is 5.60. The zero-order valence-electron chi connectivity index (χ0n) is 12.5. The quantitative estimate of drug-likeness (QED) is 0.627. The molecule has 0 fully saturated rings. The van der Waals surface area contributed by atoms with Gasteiger partial charge in [-0.05, 0) is 19.0 Å². The first kappa shape index (κ1) is 13.8. The largest absolute Gasteiger partial charge is 0.330 e. The molecular formula is C18H15N3O2. The van der Waals surface area contributed by atoms with Crippen molar-refractivity contribution < 1.29 is 4.79 Å². The van der Waals surface area contributed by atoms with Crippen LogP contribution in [0.15, 0.2) is 47.4 Å². The Morgan fingerprint density at radius 3 is 2.61 bits per heavy atom. The fraction of sp³-hybridized carbons (Fsp3) is 0.167. The Labute approximate surface area is 132 Å². The number of carbonyl (C=O) groups is 1. The molecule has 2 aromatic heterocycles. The summed E-state index contributed by atoms with van der Waals surface area (Å²) >= 11 is 0. The van der Waals surface area contributed by atoms with Gasteiger partial charge in [0.2, 0.25) is 0 Å². The first-order chi connectivity index (χ1) is 11.2. The van der Waals surface area contributed by atoms with E-state index in [1.54, 1.807) is 29.0 Å². The Balaban J connectivity index is 2.16. The molecular weight excluding hydrogens is 290 g/mol. The number of ketones is 1. The summed E-state index contributed by atoms with van der Waals surface area (Å²) in [6, 6.07) is 11.0. The zero-order valence-corrected chi connectivity index (χ0v) is 12.5. The number of nitrogens with zero attached hydrogens (tertiary/aromatic N) is 2. The Bertz CT molecular complexity index is 1000. The molecule has 0 radical (unpaired) electrons. The van der Waals surface area contributed by atoms with Gasteiger partial charge in [-0.15, -0.1) is 0 Å². The molecule has 5 heteroatoms. The Morgan fingerprint density at radius 1 is 1.04 bits per heavy atom. The summed E-state index contributed by atoms with van der Waals surface area (Å²) < 4.78 is 1.65. The van der Waals surface area contributed by atoms with Crippen LogP contribution in [0.2, 0.25) is 0 Å². The Hall–Kier alpha value is -2.79. The molecule has 5 nitrogen and oxygen atoms in total. The summed E-state index contributed by atoms with van der Waals surface area (Å²) in [5.41, 5.74) is 8.50. The van der Waals surface area contributed by atoms with Crippen LogP contribution < -0.4 is 11.3 Å². The average Bonchev–Trinajstić information content (AvgIpc) is 2.89. The van der Waals surface area contributed by atoms with E-state index in [0.717, 1.165) is 5.56 Å². The van der Waals surface area contributed by atoms with E-state index in [-0.39, 0.29) is 11.3 Å². The van der Waals surface area contributed by atoms with Gasteiger partial charge in [0.25, 0.3) is 5.56 Å². The second-order valence-corrected chi connectivity index (χ2v) is 5.60. The zero-order chi connectivity index (χ0) is 16.0. The van der Waals surface area contributed by atoms with Gasteiger partial charge in [0.05, 0.1) is 11.3 Å². The van der Waals surface area contributed by atoms with Crippen molar-refractivity contribution >= 4 is 16.7 Å². The lowest BCUT2D eigenvalue weighted by molar-refractivity contribution is 0.104. The highest BCUT2D eigenvalue weighted by molar-refractivity contribution is 6.26. The minimum absolute atomic E-state index is 0.0462. The molecule has 0 saturated carbocycles. The summed E-state index contributed by atoms with van der Waals surface area (Å²) in [5.74, 6) is -0.0462. The van der Waals surface area contributed by atoms with Crippen molar-refractivity contribution in [3.63, 3.8) is 0 Å². The van der Waals surface area contributed by atoms with Crippen LogP contribution in [0.5, 0.6) is 0 Å². The molecule has 2 heterocycles. The van der Waals surface area contributed by atoms with Crippen molar-refractivity contribution in [2.24, 2.45) is 5.73 Å². The molecule has 114 valence electrons. The van der Waals surface area contributed by atoms with Crippen molar-refractivity contribution in [1.29, 1.82) is 0 Å². The van der Waals surface area contributed by atoms with E-state index in [4.69, 9.17) is 5.73 Å². The maximum absolute atomic E-state index is 12.9. The molecule has 0 unspecified atom stereocenters. The number of nitrogens with two attached hydrogens (primary N) is 1. The minimum Gasteiger partial charge on any atom is -0.330 e. The number of fused-ring (bicyclic) bond motifs is 5. The molecule has 4 rings (SSSR count). The minimum atomic E-state index is -0.169. The monoisotopic (exact) mass is 305 g/mol. The number of pyridine rings is 2. The molecule has 0 saturated heterocycles. The van der Waals surface area contributed by atoms with Gasteiger partial charge in [0.15, 0.2) is 5.78 Å². The summed E-state index contributed by atoms with van der Waals surface area (Å²) in [6.45, 7) is 0.961. The predicted octanol–water partition coefficient (Wildman–Crippen LogP) is 1.96. The average molecular weight is 305 g/mol. The van der Waals surface area contributed by atoms with Gasteiger partial charge >= 0.3 is 0 Å². The highest BCUT2D eigenvalue weighted by Gasteiger charge is 2.32. The lowest BCUT2D eigenvalue weighted by Crippen LogP contribution is -2.25. The van der Waals surface area contributed by atoms with E-state index in [9.17, 15) is 9.59 Å². The summed E-state index contributed by atoms with van der Waals surface area (Å²) in [6.07, 6.45) is 2.25. The molecule has 23 heavy (non-hydrogen) atoms. The molecule has 3 aromatic rings. The van der Waals surface area contributed by atoms with Crippen molar-refractivity contribution in [1.82, 2.24) is 9.55 Å². The molecule has 1 aliphatic rings. The lowest BCUT2D eigenvalue weighted by atomic mass is 10.1. The van der Waals surface area contributed by atoms with Gasteiger partial charge in [-0.3, -0.25) is 14.6 Å². The van der Waals surface area contributed by atoms with Crippen LogP contribution in [0.3, 0.4) is 0 Å². The highest BCUT2D eigenvalue weighted by atomic mass is 16.1. The number of carbonyl (C=O) groups excluding carboxylic acids is 1. The molecule has 2 N–H and O–H groups in total. The van der Waals surface area contributed by atoms with E-state index in [1.807, 2.05) is 18.2 Å². The smallest absolute Gasteiger partial charge is 0.277 e. The number of benzene rings is 1. The molecule has 0 bridgehead atoms. The highest BCUT2D eigenvalue weighted by Crippen LogP contribution is 2.38. The summed E-state index contributed by atoms with van der Waals surface area (Å²) in [4.78, 5) is 29.9. The molecule has 1 aromatic carbocycles. The first-order valence-corrected chi connectivity index (χ1v) is 7.59. The van der Waals surface area contributed by atoms with Gasteiger partial charge < -0.3 is 10.3 Å². The van der Waals surface area contributed by atoms with Crippen LogP contribution in [0.25, 0.3) is 22.2 Å².